The van der Waals surface area contributed by atoms with E-state index in [-0.39, 0.29) is 22.2 Å². The summed E-state index contributed by atoms with van der Waals surface area (Å²) in [5.74, 6) is -3.58. The van der Waals surface area contributed by atoms with E-state index in [2.05, 4.69) is 46.7 Å². The molecule has 0 spiro atoms. The van der Waals surface area contributed by atoms with E-state index in [0.29, 0.717) is 25.5 Å². The normalized spacial score (nSPS) is 15.5. The van der Waals surface area contributed by atoms with Gasteiger partial charge in [-0.05, 0) is 62.2 Å². The van der Waals surface area contributed by atoms with Gasteiger partial charge in [0.15, 0.2) is 0 Å². The molecule has 1 fully saturated rings. The van der Waals surface area contributed by atoms with Crippen molar-refractivity contribution in [1.82, 2.24) is 4.98 Å². The summed E-state index contributed by atoms with van der Waals surface area (Å²) in [5, 5.41) is 17.0. The Kier molecular flexibility index (Phi) is 9.48. The van der Waals surface area contributed by atoms with Crippen LogP contribution in [0.15, 0.2) is 65.7 Å². The maximum absolute atomic E-state index is 12.8. The van der Waals surface area contributed by atoms with Crippen molar-refractivity contribution in [3.63, 3.8) is 0 Å². The van der Waals surface area contributed by atoms with Crippen LogP contribution in [0.5, 0.6) is 0 Å². The fourth-order valence-corrected chi connectivity index (χ4v) is 5.40. The van der Waals surface area contributed by atoms with Crippen LogP contribution in [0.4, 0.5) is 30.4 Å². The molecule has 0 radical (unpaired) electrons. The minimum absolute atomic E-state index is 0.0411. The number of benzene rings is 2. The number of aromatic carboxylic acids is 1. The van der Waals surface area contributed by atoms with Crippen LogP contribution in [0.2, 0.25) is 0 Å². The molecule has 1 aromatic heterocycles. The molecule has 41 heavy (non-hydrogen) atoms. The van der Waals surface area contributed by atoms with Crippen LogP contribution >= 0.6 is 0 Å². The maximum Gasteiger partial charge on any atom is 0.490 e. The lowest BCUT2D eigenvalue weighted by atomic mass is 10.1. The van der Waals surface area contributed by atoms with Crippen LogP contribution < -0.4 is 14.5 Å². The van der Waals surface area contributed by atoms with E-state index in [9.17, 15) is 31.5 Å². The third-order valence-electron chi connectivity index (χ3n) is 6.15. The minimum atomic E-state index is -5.08. The molecular formula is C27H29F3N4O6S. The van der Waals surface area contributed by atoms with Gasteiger partial charge >= 0.3 is 18.1 Å². The molecule has 4 rings (SSSR count). The highest BCUT2D eigenvalue weighted by atomic mass is 32.2. The Hall–Kier alpha value is -4.33. The first kappa shape index (κ1) is 31.2. The topological polar surface area (TPSA) is 140 Å². The quantitative estimate of drug-likeness (QED) is 0.375. The van der Waals surface area contributed by atoms with E-state index in [0.717, 1.165) is 11.3 Å². The van der Waals surface area contributed by atoms with Gasteiger partial charge in [-0.3, -0.25) is 4.72 Å². The molecule has 0 bridgehead atoms. The highest BCUT2D eigenvalue weighted by Gasteiger charge is 2.38. The van der Waals surface area contributed by atoms with Gasteiger partial charge in [0, 0.05) is 31.4 Å². The van der Waals surface area contributed by atoms with Gasteiger partial charge in [-0.25, -0.2) is 23.0 Å². The van der Waals surface area contributed by atoms with Crippen LogP contribution in [0, 0.1) is 13.8 Å². The summed E-state index contributed by atoms with van der Waals surface area (Å²) in [6.45, 7) is 7.86. The average molecular weight is 595 g/mol. The number of carboxylic acid groups (broad SMARTS) is 2. The van der Waals surface area contributed by atoms with E-state index in [1.165, 1.54) is 23.9 Å². The summed E-state index contributed by atoms with van der Waals surface area (Å²) in [6.07, 6.45) is -3.72. The first-order valence-corrected chi connectivity index (χ1v) is 13.8. The molecule has 1 unspecified atom stereocenters. The Labute approximate surface area is 235 Å². The van der Waals surface area contributed by atoms with Crippen LogP contribution in [0.1, 0.15) is 28.4 Å². The minimum Gasteiger partial charge on any atom is -0.478 e. The van der Waals surface area contributed by atoms with Crippen molar-refractivity contribution >= 4 is 39.2 Å². The Bertz CT molecular complexity index is 1530. The summed E-state index contributed by atoms with van der Waals surface area (Å²) in [5.41, 5.74) is 3.20. The summed E-state index contributed by atoms with van der Waals surface area (Å²) in [6, 6.07) is 16.3. The van der Waals surface area contributed by atoms with Crippen molar-refractivity contribution in [2.75, 3.05) is 34.2 Å². The first-order chi connectivity index (χ1) is 19.1. The number of aryl methyl sites for hydroxylation is 2. The van der Waals surface area contributed by atoms with Crippen molar-refractivity contribution in [2.24, 2.45) is 0 Å². The second kappa shape index (κ2) is 12.5. The molecule has 1 aliphatic rings. The Morgan fingerprint density at radius 3 is 2.15 bits per heavy atom. The number of anilines is 3. The number of aromatic nitrogens is 1. The first-order valence-electron chi connectivity index (χ1n) is 12.3. The highest BCUT2D eigenvalue weighted by Crippen LogP contribution is 2.28. The fraction of sp³-hybridized carbons (Fsp3) is 0.296. The van der Waals surface area contributed by atoms with E-state index in [1.807, 2.05) is 11.0 Å². The van der Waals surface area contributed by atoms with Crippen LogP contribution in [0.3, 0.4) is 0 Å². The molecular weight excluding hydrogens is 565 g/mol. The van der Waals surface area contributed by atoms with Crippen molar-refractivity contribution in [3.8, 4) is 0 Å². The number of nitrogens with zero attached hydrogens (tertiary/aromatic N) is 3. The molecule has 2 heterocycles. The molecule has 1 atom stereocenters. The number of alkyl halides is 3. The van der Waals surface area contributed by atoms with Crippen LogP contribution in [0.25, 0.3) is 0 Å². The number of sulfonamides is 1. The van der Waals surface area contributed by atoms with Gasteiger partial charge in [0.1, 0.15) is 11.4 Å². The number of hydrogen-bond donors (Lipinski definition) is 3. The van der Waals surface area contributed by atoms with Gasteiger partial charge < -0.3 is 20.0 Å². The number of pyridine rings is 1. The lowest BCUT2D eigenvalue weighted by molar-refractivity contribution is -0.192. The predicted molar refractivity (Wildman–Crippen MR) is 147 cm³/mol. The van der Waals surface area contributed by atoms with Crippen molar-refractivity contribution in [1.29, 1.82) is 0 Å². The third kappa shape index (κ3) is 8.10. The average Bonchev–Trinajstić information content (AvgIpc) is 2.88. The fourth-order valence-electron chi connectivity index (χ4n) is 4.26. The Morgan fingerprint density at radius 1 is 1.00 bits per heavy atom. The van der Waals surface area contributed by atoms with Crippen molar-refractivity contribution in [2.45, 2.75) is 37.9 Å². The summed E-state index contributed by atoms with van der Waals surface area (Å²) in [4.78, 5) is 29.7. The second-order valence-corrected chi connectivity index (χ2v) is 11.1. The smallest absolute Gasteiger partial charge is 0.478 e. The van der Waals surface area contributed by atoms with E-state index >= 15 is 0 Å². The molecule has 1 saturated heterocycles. The number of piperazine rings is 1. The molecule has 3 aromatic rings. The number of aliphatic carboxylic acids is 1. The van der Waals surface area contributed by atoms with Gasteiger partial charge in [-0.15, -0.1) is 0 Å². The number of hydrogen-bond acceptors (Lipinski definition) is 7. The standard InChI is InChI=1S/C25H28N4O4S.C2HF3O2/c1-17-6-4-8-21(12-17)29-11-10-28(16-19(29)3)24-23(25(30)31)14-20(15-26-24)27-34(32,33)22-9-5-7-18(2)13-22;3-2(4,5)1(6)7/h4-9,12-15,19,27H,10-11,16H2,1-3H3,(H,30,31);(H,6,7). The van der Waals surface area contributed by atoms with E-state index in [1.54, 1.807) is 25.1 Å². The lowest BCUT2D eigenvalue weighted by Gasteiger charge is -2.42. The zero-order valence-electron chi connectivity index (χ0n) is 22.4. The SMILES string of the molecule is Cc1cccc(N2CCN(c3ncc(NS(=O)(=O)c4cccc(C)c4)cc3C(=O)O)CC2C)c1.O=C(O)C(F)(F)F. The molecule has 220 valence electrons. The van der Waals surface area contributed by atoms with Gasteiger partial charge in [0.25, 0.3) is 10.0 Å². The molecule has 10 nitrogen and oxygen atoms in total. The third-order valence-corrected chi connectivity index (χ3v) is 7.53. The molecule has 0 aliphatic carbocycles. The van der Waals surface area contributed by atoms with Gasteiger partial charge in [-0.2, -0.15) is 13.2 Å². The lowest BCUT2D eigenvalue weighted by Crippen LogP contribution is -2.52. The zero-order valence-corrected chi connectivity index (χ0v) is 23.2. The molecule has 3 N–H and O–H groups in total. The maximum atomic E-state index is 12.8. The summed E-state index contributed by atoms with van der Waals surface area (Å²) >= 11 is 0. The predicted octanol–water partition coefficient (Wildman–Crippen LogP) is 4.55. The monoisotopic (exact) mass is 594 g/mol. The number of carbonyl (C=O) groups is 2. The highest BCUT2D eigenvalue weighted by molar-refractivity contribution is 7.92. The van der Waals surface area contributed by atoms with E-state index < -0.39 is 28.1 Å². The van der Waals surface area contributed by atoms with Crippen LogP contribution in [-0.2, 0) is 14.8 Å². The Morgan fingerprint density at radius 2 is 1.61 bits per heavy atom. The number of nitrogens with one attached hydrogen (secondary N) is 1. The largest absolute Gasteiger partial charge is 0.490 e. The zero-order chi connectivity index (χ0) is 30.5. The molecule has 1 aliphatic heterocycles. The second-order valence-electron chi connectivity index (χ2n) is 9.45. The molecule has 0 saturated carbocycles. The Balaban J connectivity index is 0.000000587. The van der Waals surface area contributed by atoms with Gasteiger partial charge in [-0.1, -0.05) is 24.3 Å². The van der Waals surface area contributed by atoms with Crippen molar-refractivity contribution in [3.05, 3.63) is 77.5 Å². The number of halogens is 3. The summed E-state index contributed by atoms with van der Waals surface area (Å²) < 4.78 is 59.7. The van der Waals surface area contributed by atoms with Crippen LogP contribution in [-0.4, -0.2) is 67.4 Å². The van der Waals surface area contributed by atoms with Crippen molar-refractivity contribution < 1.29 is 41.4 Å². The van der Waals surface area contributed by atoms with Gasteiger partial charge in [0.05, 0.1) is 16.8 Å². The van der Waals surface area contributed by atoms with E-state index in [4.69, 9.17) is 9.90 Å². The number of rotatable bonds is 6. The van der Waals surface area contributed by atoms with Gasteiger partial charge in [0.2, 0.25) is 0 Å². The summed E-state index contributed by atoms with van der Waals surface area (Å²) in [7, 11) is -3.87. The molecule has 14 heteroatoms. The molecule has 2 aromatic carbocycles. The molecule has 0 amide bonds. The number of carboxylic acids is 2.